The lowest BCUT2D eigenvalue weighted by atomic mass is 10.0. The molecule has 0 radical (unpaired) electrons. The summed E-state index contributed by atoms with van der Waals surface area (Å²) in [5.41, 5.74) is 0.351. The Kier molecular flexibility index (Phi) is 5.32. The van der Waals surface area contributed by atoms with Gasteiger partial charge in [-0.05, 0) is 25.0 Å². The Bertz CT molecular complexity index is 760. The number of hydrogen-bond donors (Lipinski definition) is 1. The van der Waals surface area contributed by atoms with Crippen LogP contribution >= 0.6 is 0 Å². The van der Waals surface area contributed by atoms with E-state index in [0.717, 1.165) is 11.3 Å². The van der Waals surface area contributed by atoms with Crippen molar-refractivity contribution in [3.05, 3.63) is 29.3 Å². The van der Waals surface area contributed by atoms with Crippen molar-refractivity contribution in [1.82, 2.24) is 10.2 Å². The van der Waals surface area contributed by atoms with Crippen LogP contribution in [0.25, 0.3) is 0 Å². The number of rotatable bonds is 7. The highest BCUT2D eigenvalue weighted by molar-refractivity contribution is 6.24. The van der Waals surface area contributed by atoms with Crippen LogP contribution in [0, 0.1) is 0 Å². The van der Waals surface area contributed by atoms with Gasteiger partial charge >= 0.3 is 0 Å². The molecule has 2 heterocycles. The van der Waals surface area contributed by atoms with Crippen molar-refractivity contribution in [1.29, 1.82) is 0 Å². The molecule has 138 valence electrons. The molecule has 0 saturated carbocycles. The molecule has 2 aliphatic rings. The minimum atomic E-state index is -0.985. The molecule has 0 aliphatic carbocycles. The highest BCUT2D eigenvalue weighted by atomic mass is 16.5. The van der Waals surface area contributed by atoms with Gasteiger partial charge in [-0.15, -0.1) is 0 Å². The fraction of sp³-hybridized carbons (Fsp3) is 0.444. The van der Waals surface area contributed by atoms with Crippen molar-refractivity contribution in [3.63, 3.8) is 0 Å². The van der Waals surface area contributed by atoms with Crippen LogP contribution in [-0.2, 0) is 14.3 Å². The Balaban J connectivity index is 1.78. The van der Waals surface area contributed by atoms with Gasteiger partial charge in [0.2, 0.25) is 11.8 Å². The van der Waals surface area contributed by atoms with Gasteiger partial charge in [0.25, 0.3) is 11.8 Å². The molecule has 4 amide bonds. The lowest BCUT2D eigenvalue weighted by Gasteiger charge is -2.27. The summed E-state index contributed by atoms with van der Waals surface area (Å²) < 4.78 is 11.0. The van der Waals surface area contributed by atoms with Crippen molar-refractivity contribution in [2.75, 3.05) is 19.8 Å². The molecule has 1 unspecified atom stereocenters. The van der Waals surface area contributed by atoms with E-state index in [-0.39, 0.29) is 36.3 Å². The minimum absolute atomic E-state index is 0.0853. The molecule has 26 heavy (non-hydrogen) atoms. The molecule has 1 fully saturated rings. The third-order valence-corrected chi connectivity index (χ3v) is 4.26. The summed E-state index contributed by atoms with van der Waals surface area (Å²) in [5.74, 6) is -1.88. The van der Waals surface area contributed by atoms with E-state index in [1.807, 2.05) is 6.92 Å². The number of nitrogens with zero attached hydrogens (tertiary/aromatic N) is 1. The minimum Gasteiger partial charge on any atom is -0.490 e. The molecule has 0 spiro atoms. The molecule has 1 saturated heterocycles. The van der Waals surface area contributed by atoms with Crippen molar-refractivity contribution in [3.8, 4) is 5.75 Å². The van der Waals surface area contributed by atoms with Crippen molar-refractivity contribution in [2.45, 2.75) is 32.2 Å². The number of amides is 4. The number of fused-ring (bicyclic) bond motifs is 1. The van der Waals surface area contributed by atoms with Crippen LogP contribution in [0.3, 0.4) is 0 Å². The second kappa shape index (κ2) is 7.65. The summed E-state index contributed by atoms with van der Waals surface area (Å²) in [6.07, 6.45) is 1.10. The number of benzene rings is 1. The average Bonchev–Trinajstić information content (AvgIpc) is 2.87. The van der Waals surface area contributed by atoms with Gasteiger partial charge in [0, 0.05) is 13.0 Å². The molecule has 0 aromatic heterocycles. The zero-order valence-corrected chi connectivity index (χ0v) is 14.4. The fourth-order valence-electron chi connectivity index (χ4n) is 3.06. The quantitative estimate of drug-likeness (QED) is 0.572. The van der Waals surface area contributed by atoms with Crippen molar-refractivity contribution < 1.29 is 28.7 Å². The molecule has 8 nitrogen and oxygen atoms in total. The Morgan fingerprint density at radius 1 is 1.12 bits per heavy atom. The molecule has 1 atom stereocenters. The predicted octanol–water partition coefficient (Wildman–Crippen LogP) is 0.893. The molecule has 2 aliphatic heterocycles. The molecule has 3 rings (SSSR count). The van der Waals surface area contributed by atoms with Crippen LogP contribution in [0.5, 0.6) is 5.75 Å². The zero-order chi connectivity index (χ0) is 18.7. The lowest BCUT2D eigenvalue weighted by Crippen LogP contribution is -2.54. The van der Waals surface area contributed by atoms with Crippen LogP contribution < -0.4 is 10.1 Å². The van der Waals surface area contributed by atoms with E-state index in [0.29, 0.717) is 13.2 Å². The number of imide groups is 2. The van der Waals surface area contributed by atoms with Crippen molar-refractivity contribution in [2.24, 2.45) is 0 Å². The first kappa shape index (κ1) is 18.1. The monoisotopic (exact) mass is 360 g/mol. The van der Waals surface area contributed by atoms with Gasteiger partial charge in [-0.1, -0.05) is 13.0 Å². The zero-order valence-electron chi connectivity index (χ0n) is 14.4. The van der Waals surface area contributed by atoms with Gasteiger partial charge in [-0.2, -0.15) is 0 Å². The number of piperidine rings is 1. The van der Waals surface area contributed by atoms with Crippen LogP contribution in [0.4, 0.5) is 0 Å². The summed E-state index contributed by atoms with van der Waals surface area (Å²) in [7, 11) is 0. The maximum Gasteiger partial charge on any atom is 0.266 e. The smallest absolute Gasteiger partial charge is 0.266 e. The maximum absolute atomic E-state index is 12.8. The standard InChI is InChI=1S/C18H20N2O6/c1-2-8-25-9-10-26-13-5-3-4-11-15(13)18(24)20(17(11)23)12-6-7-14(21)19-16(12)22/h3-5,12H,2,6-10H2,1H3,(H,19,21,22). The SMILES string of the molecule is CCCOCCOc1cccc2c1C(=O)N(C1CCC(=O)NC1=O)C2=O. The summed E-state index contributed by atoms with van der Waals surface area (Å²) >= 11 is 0. The van der Waals surface area contributed by atoms with Crippen LogP contribution in [0.15, 0.2) is 18.2 Å². The molecule has 8 heteroatoms. The summed E-state index contributed by atoms with van der Waals surface area (Å²) in [6, 6.07) is 3.78. The summed E-state index contributed by atoms with van der Waals surface area (Å²) in [6.45, 7) is 3.24. The predicted molar refractivity (Wildman–Crippen MR) is 89.7 cm³/mol. The van der Waals surface area contributed by atoms with Crippen LogP contribution in [-0.4, -0.2) is 54.4 Å². The second-order valence-electron chi connectivity index (χ2n) is 6.09. The van der Waals surface area contributed by atoms with E-state index in [4.69, 9.17) is 9.47 Å². The normalized spacial score (nSPS) is 19.6. The summed E-state index contributed by atoms with van der Waals surface area (Å²) in [4.78, 5) is 49.8. The van der Waals surface area contributed by atoms with Crippen LogP contribution in [0.1, 0.15) is 46.9 Å². The Hall–Kier alpha value is -2.74. The van der Waals surface area contributed by atoms with E-state index in [2.05, 4.69) is 5.32 Å². The maximum atomic E-state index is 12.8. The first-order valence-corrected chi connectivity index (χ1v) is 8.59. The van der Waals surface area contributed by atoms with E-state index in [1.54, 1.807) is 12.1 Å². The highest BCUT2D eigenvalue weighted by Crippen LogP contribution is 2.33. The molecular formula is C18H20N2O6. The highest BCUT2D eigenvalue weighted by Gasteiger charge is 2.45. The number of nitrogens with one attached hydrogen (secondary N) is 1. The van der Waals surface area contributed by atoms with E-state index in [9.17, 15) is 19.2 Å². The largest absolute Gasteiger partial charge is 0.490 e. The van der Waals surface area contributed by atoms with Gasteiger partial charge in [0.1, 0.15) is 18.4 Å². The molecule has 1 aromatic rings. The van der Waals surface area contributed by atoms with Gasteiger partial charge in [0.15, 0.2) is 0 Å². The first-order chi connectivity index (χ1) is 12.5. The Morgan fingerprint density at radius 3 is 2.65 bits per heavy atom. The third-order valence-electron chi connectivity index (χ3n) is 4.26. The number of carbonyl (C=O) groups is 4. The Labute approximate surface area is 150 Å². The van der Waals surface area contributed by atoms with Gasteiger partial charge in [-0.3, -0.25) is 29.4 Å². The van der Waals surface area contributed by atoms with Crippen LogP contribution in [0.2, 0.25) is 0 Å². The Morgan fingerprint density at radius 2 is 1.92 bits per heavy atom. The van der Waals surface area contributed by atoms with Gasteiger partial charge in [0.05, 0.1) is 17.7 Å². The topological polar surface area (TPSA) is 102 Å². The average molecular weight is 360 g/mol. The fourth-order valence-corrected chi connectivity index (χ4v) is 3.06. The first-order valence-electron chi connectivity index (χ1n) is 8.59. The molecular weight excluding hydrogens is 340 g/mol. The van der Waals surface area contributed by atoms with E-state index in [1.165, 1.54) is 6.07 Å². The van der Waals surface area contributed by atoms with Gasteiger partial charge in [-0.25, -0.2) is 0 Å². The molecule has 1 aromatic carbocycles. The number of ether oxygens (including phenoxy) is 2. The van der Waals surface area contributed by atoms with Gasteiger partial charge < -0.3 is 9.47 Å². The molecule has 0 bridgehead atoms. The lowest BCUT2D eigenvalue weighted by molar-refractivity contribution is -0.136. The van der Waals surface area contributed by atoms with E-state index >= 15 is 0 Å². The van der Waals surface area contributed by atoms with E-state index < -0.39 is 29.7 Å². The number of carbonyl (C=O) groups excluding carboxylic acids is 4. The second-order valence-corrected chi connectivity index (χ2v) is 6.09. The third kappa shape index (κ3) is 3.32. The number of hydrogen-bond acceptors (Lipinski definition) is 6. The van der Waals surface area contributed by atoms with Crippen molar-refractivity contribution >= 4 is 23.6 Å². The molecule has 1 N–H and O–H groups in total. The summed E-state index contributed by atoms with van der Waals surface area (Å²) in [5, 5.41) is 2.17.